The number of aromatic nitrogens is 2. The molecule has 0 radical (unpaired) electrons. The Labute approximate surface area is 109 Å². The molecule has 1 unspecified atom stereocenters. The van der Waals surface area contributed by atoms with Crippen LogP contribution in [0.25, 0.3) is 0 Å². The third-order valence-electron chi connectivity index (χ3n) is 3.66. The first-order valence-electron chi connectivity index (χ1n) is 6.50. The van der Waals surface area contributed by atoms with E-state index in [0.29, 0.717) is 6.04 Å². The maximum absolute atomic E-state index is 5.89. The number of hydrogen-bond donors (Lipinski definition) is 0. The lowest BCUT2D eigenvalue weighted by Crippen LogP contribution is -2.39. The van der Waals surface area contributed by atoms with E-state index in [4.69, 9.17) is 11.6 Å². The van der Waals surface area contributed by atoms with Crippen molar-refractivity contribution in [2.45, 2.75) is 45.2 Å². The van der Waals surface area contributed by atoms with E-state index >= 15 is 0 Å². The molecule has 1 fully saturated rings. The lowest BCUT2D eigenvalue weighted by Gasteiger charge is -2.35. The summed E-state index contributed by atoms with van der Waals surface area (Å²) in [6.07, 6.45) is 5.07. The highest BCUT2D eigenvalue weighted by Gasteiger charge is 2.22. The lowest BCUT2D eigenvalue weighted by molar-refractivity contribution is 0.133. The Bertz CT molecular complexity index is 360. The third-order valence-corrected chi connectivity index (χ3v) is 3.87. The summed E-state index contributed by atoms with van der Waals surface area (Å²) in [4.78, 5) is 2.57. The Morgan fingerprint density at radius 1 is 1.47 bits per heavy atom. The van der Waals surface area contributed by atoms with E-state index < -0.39 is 0 Å². The summed E-state index contributed by atoms with van der Waals surface area (Å²) >= 11 is 5.89. The van der Waals surface area contributed by atoms with E-state index in [0.717, 1.165) is 24.5 Å². The van der Waals surface area contributed by atoms with Crippen LogP contribution >= 0.6 is 11.6 Å². The van der Waals surface area contributed by atoms with Crippen LogP contribution in [0.3, 0.4) is 0 Å². The van der Waals surface area contributed by atoms with E-state index in [-0.39, 0.29) is 0 Å². The summed E-state index contributed by atoms with van der Waals surface area (Å²) in [5.41, 5.74) is 2.41. The fraction of sp³-hybridized carbons (Fsp3) is 0.769. The summed E-state index contributed by atoms with van der Waals surface area (Å²) in [5, 5.41) is 4.41. The second-order valence-corrected chi connectivity index (χ2v) is 5.38. The van der Waals surface area contributed by atoms with Gasteiger partial charge in [-0.05, 0) is 38.8 Å². The zero-order valence-corrected chi connectivity index (χ0v) is 11.6. The Morgan fingerprint density at radius 2 is 2.29 bits per heavy atom. The molecular formula is C13H22ClN3. The van der Waals surface area contributed by atoms with E-state index in [2.05, 4.69) is 23.0 Å². The molecule has 1 aromatic rings. The van der Waals surface area contributed by atoms with Gasteiger partial charge < -0.3 is 0 Å². The Balaban J connectivity index is 2.02. The van der Waals surface area contributed by atoms with Crippen molar-refractivity contribution in [3.05, 3.63) is 17.5 Å². The molecule has 4 heteroatoms. The second kappa shape index (κ2) is 5.87. The topological polar surface area (TPSA) is 21.1 Å². The molecule has 0 spiro atoms. The van der Waals surface area contributed by atoms with Gasteiger partial charge in [0.15, 0.2) is 0 Å². The molecule has 3 nitrogen and oxygen atoms in total. The van der Waals surface area contributed by atoms with Crippen LogP contribution in [-0.2, 0) is 13.6 Å². The van der Waals surface area contributed by atoms with Gasteiger partial charge in [0, 0.05) is 25.5 Å². The van der Waals surface area contributed by atoms with Crippen LogP contribution in [0.4, 0.5) is 0 Å². The zero-order valence-electron chi connectivity index (χ0n) is 10.8. The van der Waals surface area contributed by atoms with Crippen molar-refractivity contribution in [3.63, 3.8) is 0 Å². The lowest BCUT2D eigenvalue weighted by atomic mass is 10.00. The normalized spacial score (nSPS) is 21.9. The maximum Gasteiger partial charge on any atom is 0.0597 e. The van der Waals surface area contributed by atoms with Gasteiger partial charge in [0.1, 0.15) is 0 Å². The van der Waals surface area contributed by atoms with Crippen LogP contribution in [0, 0.1) is 6.92 Å². The molecule has 0 aliphatic carbocycles. The van der Waals surface area contributed by atoms with Gasteiger partial charge in [-0.3, -0.25) is 9.58 Å². The number of nitrogens with zero attached hydrogens (tertiary/aromatic N) is 3. The average molecular weight is 256 g/mol. The number of alkyl halides is 1. The largest absolute Gasteiger partial charge is 0.295 e. The van der Waals surface area contributed by atoms with Crippen LogP contribution in [0.2, 0.25) is 0 Å². The molecule has 1 saturated heterocycles. The number of likely N-dealkylation sites (tertiary alicyclic amines) is 1. The van der Waals surface area contributed by atoms with E-state index in [1.165, 1.54) is 31.5 Å². The first-order chi connectivity index (χ1) is 8.20. The van der Waals surface area contributed by atoms with Crippen LogP contribution < -0.4 is 0 Å². The minimum Gasteiger partial charge on any atom is -0.295 e. The molecule has 17 heavy (non-hydrogen) atoms. The molecule has 1 aliphatic rings. The quantitative estimate of drug-likeness (QED) is 0.772. The van der Waals surface area contributed by atoms with Crippen LogP contribution in [0.15, 0.2) is 6.07 Å². The molecular weight excluding hydrogens is 234 g/mol. The first kappa shape index (κ1) is 12.9. The van der Waals surface area contributed by atoms with Gasteiger partial charge in [-0.25, -0.2) is 0 Å². The fourth-order valence-corrected chi connectivity index (χ4v) is 2.99. The number of piperidine rings is 1. The van der Waals surface area contributed by atoms with Gasteiger partial charge in [-0.15, -0.1) is 11.6 Å². The molecule has 0 bridgehead atoms. The molecule has 1 atom stereocenters. The molecule has 1 aromatic heterocycles. The van der Waals surface area contributed by atoms with Gasteiger partial charge in [-0.2, -0.15) is 5.10 Å². The highest BCUT2D eigenvalue weighted by Crippen LogP contribution is 2.22. The molecule has 0 saturated carbocycles. The van der Waals surface area contributed by atoms with Crippen molar-refractivity contribution >= 4 is 11.6 Å². The minimum absolute atomic E-state index is 0.663. The molecule has 2 rings (SSSR count). The van der Waals surface area contributed by atoms with Crippen molar-refractivity contribution < 1.29 is 0 Å². The highest BCUT2D eigenvalue weighted by molar-refractivity contribution is 6.17. The predicted molar refractivity (Wildman–Crippen MR) is 71.3 cm³/mol. The van der Waals surface area contributed by atoms with Crippen LogP contribution in [-0.4, -0.2) is 33.1 Å². The Morgan fingerprint density at radius 3 is 2.94 bits per heavy atom. The van der Waals surface area contributed by atoms with Crippen LogP contribution in [0.5, 0.6) is 0 Å². The Hall–Kier alpha value is -0.540. The SMILES string of the molecule is Cc1cc(CN2CCCCC2CCCl)n(C)n1. The molecule has 2 heterocycles. The first-order valence-corrected chi connectivity index (χ1v) is 7.03. The fourth-order valence-electron chi connectivity index (χ4n) is 2.74. The minimum atomic E-state index is 0.663. The molecule has 0 aromatic carbocycles. The van der Waals surface area contributed by atoms with E-state index in [1.54, 1.807) is 0 Å². The summed E-state index contributed by atoms with van der Waals surface area (Å²) in [6.45, 7) is 4.26. The van der Waals surface area contributed by atoms with Gasteiger partial charge in [0.2, 0.25) is 0 Å². The average Bonchev–Trinajstić information content (AvgIpc) is 2.61. The Kier molecular flexibility index (Phi) is 4.46. The van der Waals surface area contributed by atoms with Crippen molar-refractivity contribution in [3.8, 4) is 0 Å². The highest BCUT2D eigenvalue weighted by atomic mass is 35.5. The monoisotopic (exact) mass is 255 g/mol. The van der Waals surface area contributed by atoms with Crippen molar-refractivity contribution in [1.29, 1.82) is 0 Å². The van der Waals surface area contributed by atoms with E-state index in [9.17, 15) is 0 Å². The van der Waals surface area contributed by atoms with Gasteiger partial charge in [0.05, 0.1) is 11.4 Å². The number of hydrogen-bond acceptors (Lipinski definition) is 2. The van der Waals surface area contributed by atoms with Crippen molar-refractivity contribution in [2.24, 2.45) is 7.05 Å². The molecule has 0 amide bonds. The molecule has 1 aliphatic heterocycles. The van der Waals surface area contributed by atoms with E-state index in [1.807, 2.05) is 11.7 Å². The van der Waals surface area contributed by atoms with Gasteiger partial charge in [0.25, 0.3) is 0 Å². The summed E-state index contributed by atoms with van der Waals surface area (Å²) < 4.78 is 2.00. The standard InChI is InChI=1S/C13H22ClN3/c1-11-9-13(16(2)15-11)10-17-8-4-3-5-12(17)6-7-14/h9,12H,3-8,10H2,1-2H3. The maximum atomic E-state index is 5.89. The van der Waals surface area contributed by atoms with Crippen molar-refractivity contribution in [2.75, 3.05) is 12.4 Å². The summed E-state index contributed by atoms with van der Waals surface area (Å²) in [7, 11) is 2.03. The third kappa shape index (κ3) is 3.23. The van der Waals surface area contributed by atoms with Crippen molar-refractivity contribution in [1.82, 2.24) is 14.7 Å². The smallest absolute Gasteiger partial charge is 0.0597 e. The number of halogens is 1. The summed E-state index contributed by atoms with van der Waals surface area (Å²) in [5.74, 6) is 0.769. The molecule has 96 valence electrons. The number of rotatable bonds is 4. The molecule has 0 N–H and O–H groups in total. The van der Waals surface area contributed by atoms with Gasteiger partial charge in [-0.1, -0.05) is 6.42 Å². The van der Waals surface area contributed by atoms with Crippen LogP contribution in [0.1, 0.15) is 37.1 Å². The summed E-state index contributed by atoms with van der Waals surface area (Å²) in [6, 6.07) is 2.85. The zero-order chi connectivity index (χ0) is 12.3. The predicted octanol–water partition coefficient (Wildman–Crippen LogP) is 2.71. The second-order valence-electron chi connectivity index (χ2n) is 5.00. The number of aryl methyl sites for hydroxylation is 2. The van der Waals surface area contributed by atoms with Gasteiger partial charge >= 0.3 is 0 Å².